The number of amides is 2. The Morgan fingerprint density at radius 1 is 1.40 bits per heavy atom. The van der Waals surface area contributed by atoms with Gasteiger partial charge in [0.25, 0.3) is 17.5 Å². The number of nitrogens with one attached hydrogen (secondary N) is 1. The summed E-state index contributed by atoms with van der Waals surface area (Å²) in [5, 5.41) is 14.0. The quantitative estimate of drug-likeness (QED) is 0.644. The number of thiophene rings is 1. The minimum atomic E-state index is -0.568. The summed E-state index contributed by atoms with van der Waals surface area (Å²) in [5.41, 5.74) is 6.80. The first-order valence-electron chi connectivity index (χ1n) is 7.87. The molecule has 1 aliphatic carbocycles. The molecule has 1 heterocycles. The summed E-state index contributed by atoms with van der Waals surface area (Å²) < 4.78 is 0. The monoisotopic (exact) mass is 359 g/mol. The highest BCUT2D eigenvalue weighted by atomic mass is 32.1. The zero-order chi connectivity index (χ0) is 18.1. The summed E-state index contributed by atoms with van der Waals surface area (Å²) in [6.07, 6.45) is 2.59. The Morgan fingerprint density at radius 3 is 2.84 bits per heavy atom. The zero-order valence-corrected chi connectivity index (χ0v) is 14.4. The maximum Gasteiger partial charge on any atom is 0.270 e. The van der Waals surface area contributed by atoms with Crippen LogP contribution in [-0.4, -0.2) is 16.7 Å². The van der Waals surface area contributed by atoms with Gasteiger partial charge in [0, 0.05) is 22.6 Å². The van der Waals surface area contributed by atoms with Crippen molar-refractivity contribution in [1.29, 1.82) is 0 Å². The Balaban J connectivity index is 1.92. The normalized spacial score (nSPS) is 16.1. The van der Waals surface area contributed by atoms with Gasteiger partial charge < -0.3 is 11.1 Å². The number of non-ortho nitro benzene ring substituents is 1. The van der Waals surface area contributed by atoms with Crippen LogP contribution in [0.5, 0.6) is 0 Å². The first-order valence-corrected chi connectivity index (χ1v) is 8.68. The number of nitro groups is 1. The lowest BCUT2D eigenvalue weighted by atomic mass is 9.88. The number of hydrogen-bond acceptors (Lipinski definition) is 5. The lowest BCUT2D eigenvalue weighted by Crippen LogP contribution is -2.19. The van der Waals surface area contributed by atoms with E-state index in [1.807, 2.05) is 0 Å². The maximum absolute atomic E-state index is 12.5. The highest BCUT2D eigenvalue weighted by molar-refractivity contribution is 7.17. The fourth-order valence-electron chi connectivity index (χ4n) is 3.04. The second-order valence-corrected chi connectivity index (χ2v) is 7.29. The third-order valence-corrected chi connectivity index (χ3v) is 5.47. The maximum atomic E-state index is 12.5. The molecule has 3 N–H and O–H groups in total. The molecule has 0 radical (unpaired) electrons. The lowest BCUT2D eigenvalue weighted by Gasteiger charge is -2.18. The van der Waals surface area contributed by atoms with E-state index in [-0.39, 0.29) is 11.3 Å². The predicted octanol–water partition coefficient (Wildman–Crippen LogP) is 3.13. The van der Waals surface area contributed by atoms with E-state index in [4.69, 9.17) is 5.73 Å². The molecule has 8 heteroatoms. The minimum Gasteiger partial charge on any atom is -0.365 e. The summed E-state index contributed by atoms with van der Waals surface area (Å²) >= 11 is 1.36. The zero-order valence-electron chi connectivity index (χ0n) is 13.6. The molecule has 3 rings (SSSR count). The van der Waals surface area contributed by atoms with Gasteiger partial charge in [-0.25, -0.2) is 0 Å². The van der Waals surface area contributed by atoms with Crippen molar-refractivity contribution in [2.75, 3.05) is 5.32 Å². The topological polar surface area (TPSA) is 115 Å². The molecule has 1 aromatic carbocycles. The van der Waals surface area contributed by atoms with Gasteiger partial charge in [0.2, 0.25) is 0 Å². The van der Waals surface area contributed by atoms with E-state index in [0.717, 1.165) is 29.7 Å². The van der Waals surface area contributed by atoms with Crippen LogP contribution in [0.2, 0.25) is 0 Å². The van der Waals surface area contributed by atoms with Crippen molar-refractivity contribution in [1.82, 2.24) is 0 Å². The Morgan fingerprint density at radius 2 is 2.16 bits per heavy atom. The van der Waals surface area contributed by atoms with Crippen LogP contribution >= 0.6 is 11.3 Å². The third-order valence-electron chi connectivity index (χ3n) is 4.30. The van der Waals surface area contributed by atoms with Crippen LogP contribution in [0.4, 0.5) is 10.7 Å². The van der Waals surface area contributed by atoms with E-state index < -0.39 is 16.7 Å². The molecule has 2 aromatic rings. The van der Waals surface area contributed by atoms with Crippen LogP contribution in [0.25, 0.3) is 0 Å². The number of nitrogens with zero attached hydrogens (tertiary/aromatic N) is 1. The Kier molecular flexibility index (Phi) is 4.54. The van der Waals surface area contributed by atoms with E-state index in [2.05, 4.69) is 12.2 Å². The van der Waals surface area contributed by atoms with Crippen LogP contribution in [0, 0.1) is 16.0 Å². The van der Waals surface area contributed by atoms with E-state index in [0.29, 0.717) is 16.5 Å². The number of anilines is 1. The fraction of sp³-hybridized carbons (Fsp3) is 0.294. The summed E-state index contributed by atoms with van der Waals surface area (Å²) in [5.74, 6) is -0.550. The molecule has 0 fully saturated rings. The van der Waals surface area contributed by atoms with Crippen LogP contribution in [0.3, 0.4) is 0 Å². The van der Waals surface area contributed by atoms with Crippen molar-refractivity contribution < 1.29 is 14.5 Å². The van der Waals surface area contributed by atoms with Gasteiger partial charge in [0.05, 0.1) is 10.5 Å². The Bertz CT molecular complexity index is 875. The minimum absolute atomic E-state index is 0.157. The number of nitro benzene ring substituents is 1. The molecule has 0 aliphatic heterocycles. The average Bonchev–Trinajstić information content (AvgIpc) is 2.91. The largest absolute Gasteiger partial charge is 0.365 e. The summed E-state index contributed by atoms with van der Waals surface area (Å²) in [6.45, 7) is 2.15. The number of carbonyl (C=O) groups is 2. The first kappa shape index (κ1) is 17.1. The van der Waals surface area contributed by atoms with Gasteiger partial charge >= 0.3 is 0 Å². The standard InChI is InChI=1S/C17H17N3O4S/c1-9-5-6-12-13(7-9)25-17(14(12)15(18)21)19-16(22)10-3-2-4-11(8-10)20(23)24/h2-4,8-9H,5-7H2,1H3,(H2,18,21)(H,19,22)/t9-/m1/s1. The van der Waals surface area contributed by atoms with Crippen molar-refractivity contribution in [2.45, 2.75) is 26.2 Å². The average molecular weight is 359 g/mol. The van der Waals surface area contributed by atoms with E-state index >= 15 is 0 Å². The summed E-state index contributed by atoms with van der Waals surface area (Å²) in [6, 6.07) is 5.46. The highest BCUT2D eigenvalue weighted by Crippen LogP contribution is 2.39. The molecule has 1 atom stereocenters. The number of benzene rings is 1. The molecular weight excluding hydrogens is 342 g/mol. The second-order valence-electron chi connectivity index (χ2n) is 6.18. The smallest absolute Gasteiger partial charge is 0.270 e. The van der Waals surface area contributed by atoms with Crippen molar-refractivity contribution in [3.8, 4) is 0 Å². The molecule has 1 aliphatic rings. The molecule has 7 nitrogen and oxygen atoms in total. The third kappa shape index (κ3) is 3.39. The fourth-order valence-corrected chi connectivity index (χ4v) is 4.45. The van der Waals surface area contributed by atoms with Crippen molar-refractivity contribution in [2.24, 2.45) is 11.7 Å². The second kappa shape index (κ2) is 6.64. The molecule has 0 bridgehead atoms. The number of carbonyl (C=O) groups excluding carboxylic acids is 2. The van der Waals surface area contributed by atoms with E-state index in [1.165, 1.54) is 35.6 Å². The van der Waals surface area contributed by atoms with Gasteiger partial charge in [0.15, 0.2) is 0 Å². The molecule has 1 aromatic heterocycles. The Hall–Kier alpha value is -2.74. The molecule has 25 heavy (non-hydrogen) atoms. The van der Waals surface area contributed by atoms with Crippen molar-refractivity contribution in [3.05, 3.63) is 55.9 Å². The molecule has 0 saturated heterocycles. The lowest BCUT2D eigenvalue weighted by molar-refractivity contribution is -0.384. The van der Waals surface area contributed by atoms with Gasteiger partial charge in [-0.2, -0.15) is 0 Å². The van der Waals surface area contributed by atoms with Crippen LogP contribution in [-0.2, 0) is 12.8 Å². The number of nitrogens with two attached hydrogens (primary N) is 1. The van der Waals surface area contributed by atoms with Gasteiger partial charge in [-0.05, 0) is 36.8 Å². The number of fused-ring (bicyclic) bond motifs is 1. The molecule has 0 spiro atoms. The molecular formula is C17H17N3O4S. The van der Waals surface area contributed by atoms with Gasteiger partial charge in [0.1, 0.15) is 5.00 Å². The number of hydrogen-bond donors (Lipinski definition) is 2. The van der Waals surface area contributed by atoms with Gasteiger partial charge in [-0.1, -0.05) is 13.0 Å². The first-order chi connectivity index (χ1) is 11.9. The highest BCUT2D eigenvalue weighted by Gasteiger charge is 2.27. The molecule has 2 amide bonds. The Labute approximate surface area is 148 Å². The molecule has 0 unspecified atom stereocenters. The summed E-state index contributed by atoms with van der Waals surface area (Å²) in [7, 11) is 0. The van der Waals surface area contributed by atoms with Gasteiger partial charge in [-0.3, -0.25) is 19.7 Å². The van der Waals surface area contributed by atoms with E-state index in [1.54, 1.807) is 0 Å². The SMILES string of the molecule is C[C@@H]1CCc2c(sc(NC(=O)c3cccc([N+](=O)[O-])c3)c2C(N)=O)C1. The molecule has 130 valence electrons. The number of rotatable bonds is 4. The van der Waals surface area contributed by atoms with Crippen molar-refractivity contribution >= 4 is 33.8 Å². The predicted molar refractivity (Wildman–Crippen MR) is 95.1 cm³/mol. The number of primary amides is 1. The van der Waals surface area contributed by atoms with Crippen LogP contribution in [0.1, 0.15) is 44.5 Å². The van der Waals surface area contributed by atoms with Crippen LogP contribution < -0.4 is 11.1 Å². The van der Waals surface area contributed by atoms with Gasteiger partial charge in [-0.15, -0.1) is 11.3 Å². The molecule has 0 saturated carbocycles. The van der Waals surface area contributed by atoms with Crippen LogP contribution in [0.15, 0.2) is 24.3 Å². The van der Waals surface area contributed by atoms with E-state index in [9.17, 15) is 19.7 Å². The summed E-state index contributed by atoms with van der Waals surface area (Å²) in [4.78, 5) is 35.7. The van der Waals surface area contributed by atoms with Crippen molar-refractivity contribution in [3.63, 3.8) is 0 Å².